The van der Waals surface area contributed by atoms with Crippen LogP contribution in [0.25, 0.3) is 0 Å². The maximum absolute atomic E-state index is 5.48. The molecule has 5 heteroatoms. The van der Waals surface area contributed by atoms with Gasteiger partial charge < -0.3 is 15.4 Å². The lowest BCUT2D eigenvalue weighted by atomic mass is 10.1. The molecule has 0 unspecified atom stereocenters. The van der Waals surface area contributed by atoms with E-state index in [4.69, 9.17) is 9.73 Å². The highest BCUT2D eigenvalue weighted by Gasteiger charge is 2.12. The van der Waals surface area contributed by atoms with Gasteiger partial charge in [0.15, 0.2) is 5.96 Å². The van der Waals surface area contributed by atoms with E-state index in [0.29, 0.717) is 6.54 Å². The fourth-order valence-electron chi connectivity index (χ4n) is 3.63. The van der Waals surface area contributed by atoms with E-state index in [-0.39, 0.29) is 0 Å². The predicted molar refractivity (Wildman–Crippen MR) is 120 cm³/mol. The van der Waals surface area contributed by atoms with E-state index in [0.717, 1.165) is 58.3 Å². The molecule has 1 saturated heterocycles. The van der Waals surface area contributed by atoms with Crippen molar-refractivity contribution in [2.24, 2.45) is 4.99 Å². The Hall–Kier alpha value is -2.37. The molecule has 0 amide bonds. The number of guanidine groups is 1. The summed E-state index contributed by atoms with van der Waals surface area (Å²) < 4.78 is 5.48. The van der Waals surface area contributed by atoms with E-state index in [9.17, 15) is 0 Å². The first-order chi connectivity index (χ1) is 14.3. The van der Waals surface area contributed by atoms with Gasteiger partial charge in [-0.15, -0.1) is 0 Å². The van der Waals surface area contributed by atoms with Crippen LogP contribution in [0.3, 0.4) is 0 Å². The van der Waals surface area contributed by atoms with Gasteiger partial charge in [0, 0.05) is 32.7 Å². The van der Waals surface area contributed by atoms with Gasteiger partial charge in [-0.05, 0) is 35.6 Å². The first-order valence-corrected chi connectivity index (χ1v) is 10.8. The standard InChI is InChI=1S/C24H34N4O/c1-3-20-9-5-6-10-21(20)17-26-24(25-4-2)27-18-22-11-7-8-12-23(22)19-28-13-15-29-16-14-28/h5-12H,3-4,13-19H2,1-2H3,(H2,25,26,27). The lowest BCUT2D eigenvalue weighted by Gasteiger charge is -2.27. The van der Waals surface area contributed by atoms with Gasteiger partial charge in [0.25, 0.3) is 0 Å². The summed E-state index contributed by atoms with van der Waals surface area (Å²) in [6.45, 7) is 11.2. The smallest absolute Gasteiger partial charge is 0.191 e. The van der Waals surface area contributed by atoms with Crippen molar-refractivity contribution >= 4 is 5.96 Å². The maximum atomic E-state index is 5.48. The van der Waals surface area contributed by atoms with Crippen LogP contribution in [-0.4, -0.2) is 43.7 Å². The largest absolute Gasteiger partial charge is 0.379 e. The van der Waals surface area contributed by atoms with Gasteiger partial charge >= 0.3 is 0 Å². The Balaban J connectivity index is 1.64. The molecule has 3 rings (SSSR count). The van der Waals surface area contributed by atoms with Crippen LogP contribution in [-0.2, 0) is 30.8 Å². The second-order valence-electron chi connectivity index (χ2n) is 7.33. The summed E-state index contributed by atoms with van der Waals surface area (Å²) in [7, 11) is 0. The van der Waals surface area contributed by atoms with E-state index in [2.05, 4.69) is 77.9 Å². The van der Waals surface area contributed by atoms with Crippen molar-refractivity contribution in [3.05, 3.63) is 70.8 Å². The Morgan fingerprint density at radius 2 is 1.55 bits per heavy atom. The molecule has 0 aromatic heterocycles. The van der Waals surface area contributed by atoms with Gasteiger partial charge in [0.05, 0.1) is 19.8 Å². The van der Waals surface area contributed by atoms with E-state index in [1.807, 2.05) is 0 Å². The minimum absolute atomic E-state index is 0.689. The molecule has 2 N–H and O–H groups in total. The number of hydrogen-bond acceptors (Lipinski definition) is 3. The van der Waals surface area contributed by atoms with E-state index < -0.39 is 0 Å². The number of benzene rings is 2. The molecule has 1 heterocycles. The lowest BCUT2D eigenvalue weighted by molar-refractivity contribution is 0.0341. The van der Waals surface area contributed by atoms with Crippen molar-refractivity contribution in [2.75, 3.05) is 32.8 Å². The topological polar surface area (TPSA) is 48.9 Å². The Kier molecular flexibility index (Phi) is 8.53. The Morgan fingerprint density at radius 1 is 0.897 bits per heavy atom. The molecule has 29 heavy (non-hydrogen) atoms. The number of aryl methyl sites for hydroxylation is 1. The van der Waals surface area contributed by atoms with Crippen molar-refractivity contribution in [1.29, 1.82) is 0 Å². The fraction of sp³-hybridized carbons (Fsp3) is 0.458. The van der Waals surface area contributed by atoms with Gasteiger partial charge in [0.1, 0.15) is 0 Å². The van der Waals surface area contributed by atoms with Gasteiger partial charge in [-0.1, -0.05) is 55.5 Å². The molecule has 0 aliphatic carbocycles. The van der Waals surface area contributed by atoms with Crippen LogP contribution < -0.4 is 10.6 Å². The molecule has 1 fully saturated rings. The van der Waals surface area contributed by atoms with E-state index in [1.54, 1.807) is 0 Å². The molecule has 0 spiro atoms. The minimum Gasteiger partial charge on any atom is -0.379 e. The lowest BCUT2D eigenvalue weighted by Crippen LogP contribution is -2.38. The Labute approximate surface area is 175 Å². The van der Waals surface area contributed by atoms with Crippen LogP contribution >= 0.6 is 0 Å². The number of rotatable bonds is 8. The molecule has 1 aliphatic heterocycles. The van der Waals surface area contributed by atoms with Crippen molar-refractivity contribution in [2.45, 2.75) is 39.9 Å². The summed E-state index contributed by atoms with van der Waals surface area (Å²) >= 11 is 0. The molecule has 1 aliphatic rings. The Morgan fingerprint density at radius 3 is 2.24 bits per heavy atom. The molecule has 0 radical (unpaired) electrons. The molecule has 2 aromatic rings. The monoisotopic (exact) mass is 394 g/mol. The highest BCUT2D eigenvalue weighted by molar-refractivity contribution is 5.79. The highest BCUT2D eigenvalue weighted by Crippen LogP contribution is 2.13. The zero-order valence-electron chi connectivity index (χ0n) is 17.8. The molecule has 156 valence electrons. The summed E-state index contributed by atoms with van der Waals surface area (Å²) in [5.74, 6) is 0.861. The zero-order valence-corrected chi connectivity index (χ0v) is 17.8. The summed E-state index contributed by atoms with van der Waals surface area (Å²) in [6.07, 6.45) is 1.03. The highest BCUT2D eigenvalue weighted by atomic mass is 16.5. The second-order valence-corrected chi connectivity index (χ2v) is 7.33. The summed E-state index contributed by atoms with van der Waals surface area (Å²) in [6, 6.07) is 17.2. The van der Waals surface area contributed by atoms with Crippen molar-refractivity contribution in [3.8, 4) is 0 Å². The summed E-state index contributed by atoms with van der Waals surface area (Å²) in [5.41, 5.74) is 5.34. The third kappa shape index (κ3) is 6.58. The number of morpholine rings is 1. The van der Waals surface area contributed by atoms with Crippen LogP contribution in [0.4, 0.5) is 0 Å². The quantitative estimate of drug-likeness (QED) is 0.533. The van der Waals surface area contributed by atoms with Crippen molar-refractivity contribution in [3.63, 3.8) is 0 Å². The van der Waals surface area contributed by atoms with E-state index >= 15 is 0 Å². The molecule has 5 nitrogen and oxygen atoms in total. The van der Waals surface area contributed by atoms with Gasteiger partial charge in [-0.25, -0.2) is 4.99 Å². The van der Waals surface area contributed by atoms with Gasteiger partial charge in [-0.2, -0.15) is 0 Å². The van der Waals surface area contributed by atoms with Crippen LogP contribution in [0.5, 0.6) is 0 Å². The first kappa shape index (κ1) is 21.3. The molecular weight excluding hydrogens is 360 g/mol. The average Bonchev–Trinajstić information content (AvgIpc) is 2.77. The van der Waals surface area contributed by atoms with Crippen molar-refractivity contribution < 1.29 is 4.74 Å². The maximum Gasteiger partial charge on any atom is 0.191 e. The van der Waals surface area contributed by atoms with Crippen LogP contribution in [0.15, 0.2) is 53.5 Å². The predicted octanol–water partition coefficient (Wildman–Crippen LogP) is 3.34. The number of nitrogens with one attached hydrogen (secondary N) is 2. The number of nitrogens with zero attached hydrogens (tertiary/aromatic N) is 2. The second kappa shape index (κ2) is 11.6. The SMILES string of the molecule is CCNC(=NCc1ccccc1CC)NCc1ccccc1CN1CCOCC1. The number of aliphatic imine (C=N–C) groups is 1. The average molecular weight is 395 g/mol. The third-order valence-corrected chi connectivity index (χ3v) is 5.31. The van der Waals surface area contributed by atoms with E-state index in [1.165, 1.54) is 22.3 Å². The minimum atomic E-state index is 0.689. The summed E-state index contributed by atoms with van der Waals surface area (Å²) in [5, 5.41) is 6.89. The van der Waals surface area contributed by atoms with Crippen LogP contribution in [0.1, 0.15) is 36.1 Å². The molecule has 2 aromatic carbocycles. The van der Waals surface area contributed by atoms with Crippen LogP contribution in [0.2, 0.25) is 0 Å². The molecular formula is C24H34N4O. The van der Waals surface area contributed by atoms with Gasteiger partial charge in [0.2, 0.25) is 0 Å². The number of hydrogen-bond donors (Lipinski definition) is 2. The molecule has 0 saturated carbocycles. The third-order valence-electron chi connectivity index (χ3n) is 5.31. The fourth-order valence-corrected chi connectivity index (χ4v) is 3.63. The molecule has 0 bridgehead atoms. The number of ether oxygens (including phenoxy) is 1. The zero-order chi connectivity index (χ0) is 20.3. The Bertz CT molecular complexity index is 784. The summed E-state index contributed by atoms with van der Waals surface area (Å²) in [4.78, 5) is 7.28. The molecule has 0 atom stereocenters. The van der Waals surface area contributed by atoms with Gasteiger partial charge in [-0.3, -0.25) is 4.90 Å². The normalized spacial score (nSPS) is 15.3. The van der Waals surface area contributed by atoms with Crippen LogP contribution in [0, 0.1) is 0 Å². The van der Waals surface area contributed by atoms with Crippen molar-refractivity contribution in [1.82, 2.24) is 15.5 Å². The first-order valence-electron chi connectivity index (χ1n) is 10.8.